The molecule has 0 saturated carbocycles. The third-order valence-electron chi connectivity index (χ3n) is 16.8. The summed E-state index contributed by atoms with van der Waals surface area (Å²) in [6.45, 7) is 3.76. The van der Waals surface area contributed by atoms with Crippen molar-refractivity contribution in [1.82, 2.24) is 30.4 Å². The second kappa shape index (κ2) is 35.9. The summed E-state index contributed by atoms with van der Waals surface area (Å²) in [5.41, 5.74) is 14.3. The summed E-state index contributed by atoms with van der Waals surface area (Å²) in [5.74, 6) is -14.3. The standard InChI is InChI=1S/C26H19FN2O4S.C23H13ClF5NO3S.C21H17ClN2O3S.C6H5BFO2.C3H4N2O/c27-21-3-1-2-17(13-21)18-4-6-25(20(12-18)15-30)26-24-7-5-23(14-19(24)8-10-28-26)34(31,32)16-22-9-11-33-29-22;1-2-11-9-13(24)3-5-15(11)22-16-6-4-14(10-12(16)7-8-30-22)34(31,32)33-23-20(28)18(26)17(25)19(27)21(23)29;1-2-14-11-16(22)3-5-19(14)21-20-6-4-18(12-15(20)7-9-23-21)28(25,26)13-17-8-10-27-24-17;8-5-2-1-3-6(4-5)10-7-9;4-3-1-2-6-5-3/h1-14,30H,15-16H2;3-10H,2H2,1H3;3-12H,2,13H2,1H3;1-4,9H;1-2H,(H2,4,5). The second-order valence-electron chi connectivity index (χ2n) is 24.0. The van der Waals surface area contributed by atoms with Gasteiger partial charge in [0.1, 0.15) is 52.6 Å². The number of sulfone groups is 2. The predicted octanol–water partition coefficient (Wildman–Crippen LogP) is 17.8. The van der Waals surface area contributed by atoms with Gasteiger partial charge in [0.25, 0.3) is 0 Å². The molecule has 6 aromatic heterocycles. The van der Waals surface area contributed by atoms with Gasteiger partial charge in [0.15, 0.2) is 25.5 Å². The van der Waals surface area contributed by atoms with Gasteiger partial charge in [-0.2, -0.15) is 17.2 Å². The van der Waals surface area contributed by atoms with Crippen LogP contribution >= 0.6 is 23.2 Å². The molecule has 0 aliphatic rings. The van der Waals surface area contributed by atoms with E-state index in [2.05, 4.69) is 50.7 Å². The van der Waals surface area contributed by atoms with Gasteiger partial charge in [-0.3, -0.25) is 15.0 Å². The molecule has 33 heteroatoms. The highest BCUT2D eigenvalue weighted by Gasteiger charge is 2.32. The monoisotopic (exact) mass is 1620 g/mol. The third-order valence-corrected chi connectivity index (χ3v) is 21.8. The Kier molecular flexibility index (Phi) is 26.0. The number of rotatable bonds is 18. The number of aromatic nitrogens is 6. The summed E-state index contributed by atoms with van der Waals surface area (Å²) < 4.78 is 193. The van der Waals surface area contributed by atoms with E-state index in [-0.39, 0.29) is 45.3 Å². The van der Waals surface area contributed by atoms with Gasteiger partial charge in [-0.15, -0.1) is 0 Å². The van der Waals surface area contributed by atoms with Crippen molar-refractivity contribution in [3.05, 3.63) is 310 Å². The van der Waals surface area contributed by atoms with Gasteiger partial charge in [-0.25, -0.2) is 38.8 Å². The molecule has 112 heavy (non-hydrogen) atoms. The molecular formula is C79H58BCl2F7N7O13S3. The van der Waals surface area contributed by atoms with E-state index in [1.807, 2.05) is 43.3 Å². The molecule has 0 atom stereocenters. The number of aryl methyl sites for hydroxylation is 2. The minimum absolute atomic E-state index is 0.170. The average molecular weight is 1620 g/mol. The number of pyridine rings is 3. The fourth-order valence-corrected chi connectivity index (χ4v) is 15.4. The molecular weight excluding hydrogens is 1570 g/mol. The number of fused-ring (bicyclic) bond motifs is 3. The Morgan fingerprint density at radius 3 is 1.30 bits per heavy atom. The van der Waals surface area contributed by atoms with Gasteiger partial charge in [0.2, 0.25) is 34.8 Å². The molecule has 1 radical (unpaired) electrons. The molecule has 0 saturated heterocycles. The lowest BCUT2D eigenvalue weighted by Crippen LogP contribution is -2.14. The molecule has 15 rings (SSSR count). The lowest BCUT2D eigenvalue weighted by Gasteiger charge is -2.13. The third kappa shape index (κ3) is 19.3. The lowest BCUT2D eigenvalue weighted by molar-refractivity contribution is 0.282. The van der Waals surface area contributed by atoms with Crippen LogP contribution in [0.3, 0.4) is 0 Å². The summed E-state index contributed by atoms with van der Waals surface area (Å²) in [5, 5.41) is 34.2. The van der Waals surface area contributed by atoms with Crippen LogP contribution in [0.15, 0.2) is 260 Å². The number of anilines is 1. The summed E-state index contributed by atoms with van der Waals surface area (Å²) in [6.07, 6.45) is 10.3. The predicted molar refractivity (Wildman–Crippen MR) is 406 cm³/mol. The number of nitrogens with two attached hydrogens (primary N) is 1. The van der Waals surface area contributed by atoms with Crippen LogP contribution in [0.25, 0.3) is 77.2 Å². The zero-order valence-electron chi connectivity index (χ0n) is 58.3. The Morgan fingerprint density at radius 1 is 0.455 bits per heavy atom. The van der Waals surface area contributed by atoms with E-state index in [9.17, 15) is 61.1 Å². The SMILES string of the molecule is CCc1cc(Cl)ccc1-c1nccc2cc(S(=O)(=O)Cc3ccon3)ccc12.CCc1cc(Cl)ccc1-c1nccc2cc(S(=O)(=O)Oc3c(F)c(F)c(F)c(F)c3F)ccc12.Nc1ccon1.O=S(=O)(Cc1ccon1)c1ccc2c(-c3ccc(-c4cccc(F)c4)cc3CO)nccc2c1.O[B]Oc1cccc(F)c1. The zero-order chi connectivity index (χ0) is 80.0. The highest BCUT2D eigenvalue weighted by atomic mass is 35.5. The van der Waals surface area contributed by atoms with Crippen LogP contribution in [-0.2, 0) is 60.7 Å². The van der Waals surface area contributed by atoms with E-state index < -0.39 is 69.5 Å². The average Bonchev–Trinajstić information content (AvgIpc) is 1.20. The molecule has 0 bridgehead atoms. The first-order valence-electron chi connectivity index (χ1n) is 33.2. The minimum Gasteiger partial charge on any atom is -0.537 e. The Hall–Kier alpha value is -11.8. The number of hydrogen-bond donors (Lipinski definition) is 3. The van der Waals surface area contributed by atoms with Crippen molar-refractivity contribution in [2.75, 3.05) is 5.73 Å². The number of benzene rings is 9. The first-order chi connectivity index (χ1) is 53.7. The maximum Gasteiger partial charge on any atom is 0.569 e. The van der Waals surface area contributed by atoms with Crippen molar-refractivity contribution < 1.29 is 88.5 Å². The molecule has 6 heterocycles. The van der Waals surface area contributed by atoms with Gasteiger partial charge in [0, 0.05) is 85.8 Å². The van der Waals surface area contributed by atoms with Crippen LogP contribution in [-0.4, -0.2) is 73.5 Å². The molecule has 0 aliphatic carbocycles. The maximum atomic E-state index is 13.9. The van der Waals surface area contributed by atoms with E-state index in [1.165, 1.54) is 79.6 Å². The number of nitrogen functional groups attached to an aromatic ring is 1. The molecule has 0 amide bonds. The summed E-state index contributed by atoms with van der Waals surface area (Å²) in [7, 11) is -11.6. The Balaban J connectivity index is 0.000000151. The van der Waals surface area contributed by atoms with Gasteiger partial charge in [-0.1, -0.05) is 113 Å². The van der Waals surface area contributed by atoms with E-state index in [0.29, 0.717) is 85.6 Å². The molecule has 0 aliphatic heterocycles. The summed E-state index contributed by atoms with van der Waals surface area (Å²) in [6, 6.07) is 51.5. The number of aliphatic hydroxyl groups excluding tert-OH is 1. The number of hydrogen-bond acceptors (Lipinski definition) is 20. The summed E-state index contributed by atoms with van der Waals surface area (Å²) in [4.78, 5) is 13.3. The number of aliphatic hydroxyl groups is 1. The highest BCUT2D eigenvalue weighted by molar-refractivity contribution is 7.91. The van der Waals surface area contributed by atoms with Gasteiger partial charge in [-0.05, 0) is 166 Å². The number of halogens is 9. The van der Waals surface area contributed by atoms with Crippen LogP contribution in [0, 0.1) is 40.7 Å². The van der Waals surface area contributed by atoms with Crippen molar-refractivity contribution in [2.24, 2.45) is 0 Å². The normalized spacial score (nSPS) is 11.3. The second-order valence-corrected chi connectivity index (χ2v) is 30.4. The number of nitrogens with zero attached hydrogens (tertiary/aromatic N) is 6. The summed E-state index contributed by atoms with van der Waals surface area (Å²) >= 11 is 12.2. The minimum atomic E-state index is -4.97. The van der Waals surface area contributed by atoms with E-state index in [0.717, 1.165) is 68.2 Å². The molecule has 571 valence electrons. The van der Waals surface area contributed by atoms with Crippen molar-refractivity contribution >= 4 is 98.8 Å². The molecule has 20 nitrogen and oxygen atoms in total. The first-order valence-corrected chi connectivity index (χ1v) is 38.6. The van der Waals surface area contributed by atoms with Crippen molar-refractivity contribution in [1.29, 1.82) is 0 Å². The van der Waals surface area contributed by atoms with Crippen molar-refractivity contribution in [3.63, 3.8) is 0 Å². The van der Waals surface area contributed by atoms with Crippen LogP contribution in [0.4, 0.5) is 36.6 Å². The molecule has 15 aromatic rings. The van der Waals surface area contributed by atoms with E-state index in [1.54, 1.807) is 103 Å². The zero-order valence-corrected chi connectivity index (χ0v) is 62.3. The quantitative estimate of drug-likeness (QED) is 0.0236. The van der Waals surface area contributed by atoms with Crippen LogP contribution in [0.2, 0.25) is 10.0 Å². The van der Waals surface area contributed by atoms with Crippen LogP contribution < -0.4 is 14.6 Å². The first kappa shape index (κ1) is 81.2. The van der Waals surface area contributed by atoms with Gasteiger partial charge < -0.3 is 38.3 Å². The Labute approximate surface area is 645 Å². The molecule has 0 spiro atoms. The highest BCUT2D eigenvalue weighted by Crippen LogP contribution is 2.39. The fourth-order valence-electron chi connectivity index (χ4n) is 11.4. The van der Waals surface area contributed by atoms with E-state index in [4.69, 9.17) is 43.0 Å². The van der Waals surface area contributed by atoms with Crippen LogP contribution in [0.1, 0.15) is 41.9 Å². The smallest absolute Gasteiger partial charge is 0.537 e. The van der Waals surface area contributed by atoms with E-state index >= 15 is 0 Å². The van der Waals surface area contributed by atoms with Gasteiger partial charge in [0.05, 0.1) is 44.9 Å². The molecule has 0 fully saturated rings. The van der Waals surface area contributed by atoms with Gasteiger partial charge >= 0.3 is 17.8 Å². The molecule has 0 unspecified atom stereocenters. The largest absolute Gasteiger partial charge is 0.569 e. The fraction of sp³-hybridized carbons (Fsp3) is 0.0886. The molecule has 4 N–H and O–H groups in total. The maximum absolute atomic E-state index is 13.9. The Morgan fingerprint density at radius 2 is 0.884 bits per heavy atom. The Bertz CT molecular complexity index is 6240. The molecule has 9 aromatic carbocycles. The topological polar surface area (TPSA) is 304 Å². The van der Waals surface area contributed by atoms with Crippen molar-refractivity contribution in [2.45, 2.75) is 59.5 Å². The van der Waals surface area contributed by atoms with Crippen LogP contribution in [0.5, 0.6) is 11.5 Å². The van der Waals surface area contributed by atoms with Crippen molar-refractivity contribution in [3.8, 4) is 56.4 Å². The lowest BCUT2D eigenvalue weighted by atomic mass is 9.95.